The van der Waals surface area contributed by atoms with Crippen LogP contribution in [0.5, 0.6) is 0 Å². The van der Waals surface area contributed by atoms with E-state index in [2.05, 4.69) is 17.1 Å². The van der Waals surface area contributed by atoms with Crippen molar-refractivity contribution in [3.05, 3.63) is 66.4 Å². The summed E-state index contributed by atoms with van der Waals surface area (Å²) in [4.78, 5) is 4.42. The Labute approximate surface area is 105 Å². The second kappa shape index (κ2) is 4.63. The molecule has 0 bridgehead atoms. The molecular weight excluding hydrogens is 224 g/mol. The normalized spacial score (nSPS) is 12.7. The summed E-state index contributed by atoms with van der Waals surface area (Å²) in [6.45, 7) is 0. The molecule has 3 heteroatoms. The highest BCUT2D eigenvalue weighted by Gasteiger charge is 2.13. The Kier molecular flexibility index (Phi) is 2.82. The molecule has 0 amide bonds. The van der Waals surface area contributed by atoms with E-state index in [-0.39, 0.29) is 6.04 Å². The molecule has 1 aromatic carbocycles. The maximum atomic E-state index is 6.23. The van der Waals surface area contributed by atoms with Crippen LogP contribution in [0.4, 0.5) is 0 Å². The number of pyridine rings is 1. The lowest BCUT2D eigenvalue weighted by Gasteiger charge is -2.12. The summed E-state index contributed by atoms with van der Waals surface area (Å²) in [5.74, 6) is 0.886. The third-order valence-electron chi connectivity index (χ3n) is 3.06. The molecule has 3 rings (SSSR count). The van der Waals surface area contributed by atoms with Gasteiger partial charge in [-0.05, 0) is 23.6 Å². The average Bonchev–Trinajstić information content (AvgIpc) is 2.91. The minimum absolute atomic E-state index is 0.151. The zero-order valence-electron chi connectivity index (χ0n) is 9.91. The van der Waals surface area contributed by atoms with Crippen LogP contribution in [0, 0.1) is 0 Å². The van der Waals surface area contributed by atoms with Gasteiger partial charge in [0.2, 0.25) is 0 Å². The Morgan fingerprint density at radius 1 is 1.11 bits per heavy atom. The maximum Gasteiger partial charge on any atom is 0.105 e. The molecule has 90 valence electrons. The number of nitrogens with two attached hydrogens (primary N) is 1. The van der Waals surface area contributed by atoms with Crippen LogP contribution in [0.3, 0.4) is 0 Å². The van der Waals surface area contributed by atoms with E-state index >= 15 is 0 Å². The van der Waals surface area contributed by atoms with Crippen LogP contribution in [0.15, 0.2) is 59.3 Å². The number of furan rings is 1. The predicted octanol–water partition coefficient (Wildman–Crippen LogP) is 3.07. The molecule has 0 fully saturated rings. The van der Waals surface area contributed by atoms with Crippen molar-refractivity contribution >= 4 is 10.8 Å². The van der Waals surface area contributed by atoms with Gasteiger partial charge in [0.1, 0.15) is 5.76 Å². The van der Waals surface area contributed by atoms with Crippen LogP contribution in [0.1, 0.15) is 17.5 Å². The topological polar surface area (TPSA) is 52.0 Å². The lowest BCUT2D eigenvalue weighted by atomic mass is 10.0. The highest BCUT2D eigenvalue weighted by Crippen LogP contribution is 2.23. The first-order chi connectivity index (χ1) is 8.84. The number of rotatable bonds is 3. The van der Waals surface area contributed by atoms with Crippen molar-refractivity contribution in [1.29, 1.82) is 0 Å². The van der Waals surface area contributed by atoms with Gasteiger partial charge in [0.15, 0.2) is 0 Å². The van der Waals surface area contributed by atoms with Crippen molar-refractivity contribution in [2.45, 2.75) is 12.5 Å². The van der Waals surface area contributed by atoms with Crippen molar-refractivity contribution in [3.8, 4) is 0 Å². The molecule has 0 aliphatic rings. The molecule has 18 heavy (non-hydrogen) atoms. The predicted molar refractivity (Wildman–Crippen MR) is 71.1 cm³/mol. The van der Waals surface area contributed by atoms with Gasteiger partial charge in [-0.15, -0.1) is 0 Å². The third kappa shape index (κ3) is 2.00. The van der Waals surface area contributed by atoms with Gasteiger partial charge in [-0.25, -0.2) is 0 Å². The fraction of sp³-hybridized carbons (Fsp3) is 0.133. The lowest BCUT2D eigenvalue weighted by molar-refractivity contribution is 0.487. The smallest absolute Gasteiger partial charge is 0.105 e. The quantitative estimate of drug-likeness (QED) is 0.763. The van der Waals surface area contributed by atoms with E-state index in [4.69, 9.17) is 10.2 Å². The van der Waals surface area contributed by atoms with Crippen molar-refractivity contribution in [2.24, 2.45) is 5.73 Å². The van der Waals surface area contributed by atoms with E-state index in [0.29, 0.717) is 6.42 Å². The molecule has 2 heterocycles. The van der Waals surface area contributed by atoms with Gasteiger partial charge in [0.25, 0.3) is 0 Å². The van der Waals surface area contributed by atoms with E-state index in [1.165, 1.54) is 0 Å². The third-order valence-corrected chi connectivity index (χ3v) is 3.06. The van der Waals surface area contributed by atoms with Gasteiger partial charge < -0.3 is 10.2 Å². The number of benzene rings is 1. The summed E-state index contributed by atoms with van der Waals surface area (Å²) in [5.41, 5.74) is 7.15. The Morgan fingerprint density at radius 3 is 2.83 bits per heavy atom. The van der Waals surface area contributed by atoms with Crippen LogP contribution >= 0.6 is 0 Å². The van der Waals surface area contributed by atoms with Crippen molar-refractivity contribution < 1.29 is 4.42 Å². The molecule has 0 saturated heterocycles. The fourth-order valence-electron chi connectivity index (χ4n) is 2.18. The van der Waals surface area contributed by atoms with Crippen molar-refractivity contribution in [3.63, 3.8) is 0 Å². The summed E-state index contributed by atoms with van der Waals surface area (Å²) in [6.07, 6.45) is 4.13. The van der Waals surface area contributed by atoms with E-state index in [1.807, 2.05) is 30.3 Å². The molecule has 1 atom stereocenters. The Morgan fingerprint density at radius 2 is 2.00 bits per heavy atom. The standard InChI is InChI=1S/C15H14N2O/c16-14(10-12-5-3-9-18-12)15-13-6-2-1-4-11(13)7-8-17-15/h1-9,14H,10,16H2. The first kappa shape index (κ1) is 11.0. The zero-order chi connectivity index (χ0) is 12.4. The SMILES string of the molecule is NC(Cc1ccco1)c1nccc2ccccc12. The van der Waals surface area contributed by atoms with Gasteiger partial charge in [-0.1, -0.05) is 24.3 Å². The molecule has 2 N–H and O–H groups in total. The Hall–Kier alpha value is -2.13. The van der Waals surface area contributed by atoms with Gasteiger partial charge in [0, 0.05) is 18.0 Å². The van der Waals surface area contributed by atoms with Crippen LogP contribution in [-0.4, -0.2) is 4.98 Å². The highest BCUT2D eigenvalue weighted by molar-refractivity contribution is 5.84. The van der Waals surface area contributed by atoms with Crippen LogP contribution in [-0.2, 0) is 6.42 Å². The molecule has 3 aromatic rings. The first-order valence-corrected chi connectivity index (χ1v) is 5.96. The number of hydrogen-bond acceptors (Lipinski definition) is 3. The minimum Gasteiger partial charge on any atom is -0.469 e. The van der Waals surface area contributed by atoms with Crippen molar-refractivity contribution in [2.75, 3.05) is 0 Å². The van der Waals surface area contributed by atoms with E-state index < -0.39 is 0 Å². The largest absolute Gasteiger partial charge is 0.469 e. The van der Waals surface area contributed by atoms with Crippen molar-refractivity contribution in [1.82, 2.24) is 4.98 Å². The molecule has 0 saturated carbocycles. The van der Waals surface area contributed by atoms with Crippen LogP contribution < -0.4 is 5.73 Å². The summed E-state index contributed by atoms with van der Waals surface area (Å²) < 4.78 is 5.33. The number of hydrogen-bond donors (Lipinski definition) is 1. The second-order valence-corrected chi connectivity index (χ2v) is 4.31. The monoisotopic (exact) mass is 238 g/mol. The molecule has 3 nitrogen and oxygen atoms in total. The first-order valence-electron chi connectivity index (χ1n) is 5.96. The Bertz CT molecular complexity index is 641. The van der Waals surface area contributed by atoms with Crippen LogP contribution in [0.2, 0.25) is 0 Å². The van der Waals surface area contributed by atoms with E-state index in [9.17, 15) is 0 Å². The minimum atomic E-state index is -0.151. The van der Waals surface area contributed by atoms with Gasteiger partial charge in [0.05, 0.1) is 18.0 Å². The summed E-state index contributed by atoms with van der Waals surface area (Å²) in [7, 11) is 0. The molecule has 0 spiro atoms. The number of aromatic nitrogens is 1. The van der Waals surface area contributed by atoms with E-state index in [0.717, 1.165) is 22.2 Å². The molecule has 1 unspecified atom stereocenters. The zero-order valence-corrected chi connectivity index (χ0v) is 9.91. The number of fused-ring (bicyclic) bond motifs is 1. The van der Waals surface area contributed by atoms with Crippen LogP contribution in [0.25, 0.3) is 10.8 Å². The summed E-state index contributed by atoms with van der Waals surface area (Å²) >= 11 is 0. The number of nitrogens with zero attached hydrogens (tertiary/aromatic N) is 1. The van der Waals surface area contributed by atoms with Gasteiger partial charge in [-0.2, -0.15) is 0 Å². The second-order valence-electron chi connectivity index (χ2n) is 4.31. The molecule has 0 aliphatic carbocycles. The summed E-state index contributed by atoms with van der Waals surface area (Å²) in [5, 5.41) is 2.27. The lowest BCUT2D eigenvalue weighted by Crippen LogP contribution is -2.15. The fourth-order valence-corrected chi connectivity index (χ4v) is 2.18. The maximum absolute atomic E-state index is 6.23. The molecular formula is C15H14N2O. The molecule has 0 aliphatic heterocycles. The average molecular weight is 238 g/mol. The molecule has 2 aromatic heterocycles. The van der Waals surface area contributed by atoms with Gasteiger partial charge in [-0.3, -0.25) is 4.98 Å². The highest BCUT2D eigenvalue weighted by atomic mass is 16.3. The van der Waals surface area contributed by atoms with E-state index in [1.54, 1.807) is 12.5 Å². The Balaban J connectivity index is 1.98. The van der Waals surface area contributed by atoms with Gasteiger partial charge >= 0.3 is 0 Å². The summed E-state index contributed by atoms with van der Waals surface area (Å²) in [6, 6.07) is 13.8. The molecule has 0 radical (unpaired) electrons.